The predicted octanol–water partition coefficient (Wildman–Crippen LogP) is 4.78. The Hall–Kier alpha value is -2.21. The lowest BCUT2D eigenvalue weighted by atomic mass is 10.2. The van der Waals surface area contributed by atoms with Gasteiger partial charge < -0.3 is 5.11 Å². The van der Waals surface area contributed by atoms with Gasteiger partial charge in [-0.25, -0.2) is 0 Å². The van der Waals surface area contributed by atoms with E-state index in [-0.39, 0.29) is 5.75 Å². The van der Waals surface area contributed by atoms with Crippen molar-refractivity contribution in [2.45, 2.75) is 0 Å². The summed E-state index contributed by atoms with van der Waals surface area (Å²) >= 11 is 2.22. The molecule has 0 amide bonds. The number of aromatic nitrogens is 2. The van der Waals surface area contributed by atoms with Crippen molar-refractivity contribution >= 4 is 44.4 Å². The number of benzene rings is 2. The van der Waals surface area contributed by atoms with Crippen molar-refractivity contribution in [3.05, 3.63) is 76.6 Å². The molecule has 0 aliphatic rings. The number of hydrogen-bond donors (Lipinski definition) is 1. The van der Waals surface area contributed by atoms with Gasteiger partial charge in [-0.1, -0.05) is 30.3 Å². The van der Waals surface area contributed by atoms with Crippen molar-refractivity contribution in [3.63, 3.8) is 0 Å². The van der Waals surface area contributed by atoms with Crippen LogP contribution in [0.4, 0.5) is 0 Å². The van der Waals surface area contributed by atoms with E-state index in [1.54, 1.807) is 12.3 Å². The first-order valence-corrected chi connectivity index (χ1v) is 7.85. The van der Waals surface area contributed by atoms with Gasteiger partial charge in [-0.05, 0) is 52.9 Å². The van der Waals surface area contributed by atoms with Crippen LogP contribution in [-0.2, 0) is 0 Å². The molecule has 3 nitrogen and oxygen atoms in total. The number of halogens is 1. The molecule has 22 heavy (non-hydrogen) atoms. The van der Waals surface area contributed by atoms with Gasteiger partial charge in [0.1, 0.15) is 11.3 Å². The second-order valence-corrected chi connectivity index (χ2v) is 5.82. The molecule has 4 heteroatoms. The predicted molar refractivity (Wildman–Crippen MR) is 97.9 cm³/mol. The number of para-hydroxylation sites is 1. The molecule has 0 spiro atoms. The molecule has 2 heterocycles. The Morgan fingerprint density at radius 1 is 0.773 bits per heavy atom. The molecule has 0 radical (unpaired) electrons. The summed E-state index contributed by atoms with van der Waals surface area (Å²) in [5, 5.41) is 11.6. The Bertz CT molecular complexity index is 819. The van der Waals surface area contributed by atoms with Crippen molar-refractivity contribution < 1.29 is 5.11 Å². The minimum Gasteiger partial charge on any atom is -0.506 e. The lowest BCUT2D eigenvalue weighted by Gasteiger charge is -2.00. The van der Waals surface area contributed by atoms with Gasteiger partial charge in [0, 0.05) is 26.7 Å². The second-order valence-electron chi connectivity index (χ2n) is 4.66. The standard InChI is InChI=1S/C9H6INO.C9H7N/c10-7-3-4-8(12)9-6(7)2-1-5-11-9;1-2-6-9-8(4-1)5-3-7-10-9/h1-5,12H;1-7H. The van der Waals surface area contributed by atoms with Gasteiger partial charge in [-0.2, -0.15) is 0 Å². The topological polar surface area (TPSA) is 46.0 Å². The van der Waals surface area contributed by atoms with Crippen molar-refractivity contribution in [3.8, 4) is 5.75 Å². The minimum atomic E-state index is 0.242. The monoisotopic (exact) mass is 400 g/mol. The van der Waals surface area contributed by atoms with E-state index in [1.165, 1.54) is 5.39 Å². The first-order chi connectivity index (χ1) is 10.8. The molecule has 0 aliphatic heterocycles. The van der Waals surface area contributed by atoms with Crippen molar-refractivity contribution in [1.82, 2.24) is 9.97 Å². The Morgan fingerprint density at radius 3 is 2.32 bits per heavy atom. The van der Waals surface area contributed by atoms with E-state index >= 15 is 0 Å². The summed E-state index contributed by atoms with van der Waals surface area (Å²) in [5.74, 6) is 0.242. The number of fused-ring (bicyclic) bond motifs is 2. The molecule has 0 unspecified atom stereocenters. The summed E-state index contributed by atoms with van der Waals surface area (Å²) in [4.78, 5) is 8.27. The van der Waals surface area contributed by atoms with Crippen LogP contribution in [0.5, 0.6) is 5.75 Å². The number of aromatic hydroxyl groups is 1. The summed E-state index contributed by atoms with van der Waals surface area (Å²) in [6, 6.07) is 19.4. The summed E-state index contributed by atoms with van der Waals surface area (Å²) in [7, 11) is 0. The molecule has 0 saturated heterocycles. The third-order valence-corrected chi connectivity index (χ3v) is 4.15. The lowest BCUT2D eigenvalue weighted by Crippen LogP contribution is -1.81. The summed E-state index contributed by atoms with van der Waals surface area (Å²) in [6.07, 6.45) is 3.49. The van der Waals surface area contributed by atoms with Gasteiger partial charge in [-0.3, -0.25) is 9.97 Å². The van der Waals surface area contributed by atoms with Crippen molar-refractivity contribution in [1.29, 1.82) is 0 Å². The number of hydrogen-bond acceptors (Lipinski definition) is 3. The average Bonchev–Trinajstić information content (AvgIpc) is 2.59. The van der Waals surface area contributed by atoms with E-state index in [1.807, 2.05) is 48.7 Å². The maximum absolute atomic E-state index is 9.43. The van der Waals surface area contributed by atoms with Gasteiger partial charge >= 0.3 is 0 Å². The third-order valence-electron chi connectivity index (χ3n) is 3.21. The van der Waals surface area contributed by atoms with Crippen LogP contribution in [0.1, 0.15) is 0 Å². The van der Waals surface area contributed by atoms with Gasteiger partial charge in [-0.15, -0.1) is 0 Å². The molecule has 2 aromatic heterocycles. The lowest BCUT2D eigenvalue weighted by molar-refractivity contribution is 0.480. The van der Waals surface area contributed by atoms with Crippen LogP contribution in [0.25, 0.3) is 21.8 Å². The molecule has 0 atom stereocenters. The van der Waals surface area contributed by atoms with Crippen LogP contribution in [0, 0.1) is 3.57 Å². The molecule has 0 bridgehead atoms. The Labute approximate surface area is 141 Å². The molecular weight excluding hydrogens is 387 g/mol. The minimum absolute atomic E-state index is 0.242. The van der Waals surface area contributed by atoms with Crippen molar-refractivity contribution in [2.24, 2.45) is 0 Å². The van der Waals surface area contributed by atoms with E-state index in [0.717, 1.165) is 14.5 Å². The van der Waals surface area contributed by atoms with Crippen LogP contribution in [0.3, 0.4) is 0 Å². The summed E-state index contributed by atoms with van der Waals surface area (Å²) in [5.41, 5.74) is 1.73. The normalized spacial score (nSPS) is 10.2. The molecule has 4 aromatic rings. The number of rotatable bonds is 0. The van der Waals surface area contributed by atoms with E-state index < -0.39 is 0 Å². The fraction of sp³-hybridized carbons (Fsp3) is 0. The molecule has 0 aliphatic carbocycles. The summed E-state index contributed by atoms with van der Waals surface area (Å²) in [6.45, 7) is 0. The average molecular weight is 400 g/mol. The maximum atomic E-state index is 9.43. The fourth-order valence-electron chi connectivity index (χ4n) is 2.14. The van der Waals surface area contributed by atoms with Gasteiger partial charge in [0.05, 0.1) is 5.52 Å². The molecule has 0 saturated carbocycles. The fourth-order valence-corrected chi connectivity index (χ4v) is 2.75. The number of nitrogens with zero attached hydrogens (tertiary/aromatic N) is 2. The highest BCUT2D eigenvalue weighted by Crippen LogP contribution is 2.25. The second kappa shape index (κ2) is 6.70. The first kappa shape index (κ1) is 14.7. The smallest absolute Gasteiger partial charge is 0.141 e. The zero-order chi connectivity index (χ0) is 15.4. The van der Waals surface area contributed by atoms with Crippen LogP contribution in [0.15, 0.2) is 73.1 Å². The quantitative estimate of drug-likeness (QED) is 0.432. The van der Waals surface area contributed by atoms with Crippen molar-refractivity contribution in [2.75, 3.05) is 0 Å². The van der Waals surface area contributed by atoms with Crippen LogP contribution < -0.4 is 0 Å². The number of pyridine rings is 2. The molecule has 1 N–H and O–H groups in total. The van der Waals surface area contributed by atoms with Gasteiger partial charge in [0.15, 0.2) is 0 Å². The van der Waals surface area contributed by atoms with E-state index in [0.29, 0.717) is 5.52 Å². The molecule has 2 aromatic carbocycles. The number of phenols is 1. The molecule has 108 valence electrons. The van der Waals surface area contributed by atoms with Crippen LogP contribution in [0.2, 0.25) is 0 Å². The first-order valence-electron chi connectivity index (χ1n) is 6.77. The van der Waals surface area contributed by atoms with Gasteiger partial charge in [0.25, 0.3) is 0 Å². The van der Waals surface area contributed by atoms with Crippen LogP contribution >= 0.6 is 22.6 Å². The largest absolute Gasteiger partial charge is 0.506 e. The SMILES string of the molecule is Oc1ccc(I)c2cccnc12.c1ccc2ncccc2c1. The van der Waals surface area contributed by atoms with E-state index in [9.17, 15) is 5.11 Å². The van der Waals surface area contributed by atoms with E-state index in [2.05, 4.69) is 44.7 Å². The Morgan fingerprint density at radius 2 is 1.50 bits per heavy atom. The molecular formula is C18H13IN2O. The Kier molecular flexibility index (Phi) is 4.48. The highest BCUT2D eigenvalue weighted by Gasteiger charge is 2.02. The number of phenolic OH excluding ortho intramolecular Hbond substituents is 1. The van der Waals surface area contributed by atoms with E-state index in [4.69, 9.17) is 0 Å². The zero-order valence-corrected chi connectivity index (χ0v) is 13.8. The zero-order valence-electron chi connectivity index (χ0n) is 11.6. The molecule has 0 fully saturated rings. The Balaban J connectivity index is 0.000000133. The van der Waals surface area contributed by atoms with Gasteiger partial charge in [0.2, 0.25) is 0 Å². The summed E-state index contributed by atoms with van der Waals surface area (Å²) < 4.78 is 1.11. The molecule has 4 rings (SSSR count). The highest BCUT2D eigenvalue weighted by atomic mass is 127. The maximum Gasteiger partial charge on any atom is 0.141 e. The highest BCUT2D eigenvalue weighted by molar-refractivity contribution is 14.1. The third kappa shape index (κ3) is 3.17. The van der Waals surface area contributed by atoms with Crippen LogP contribution in [-0.4, -0.2) is 15.1 Å².